The van der Waals surface area contributed by atoms with Crippen LogP contribution in [0.2, 0.25) is 0 Å². The minimum absolute atomic E-state index is 0.895. The van der Waals surface area contributed by atoms with Crippen LogP contribution in [0.1, 0.15) is 23.6 Å². The molecule has 0 atom stereocenters. The molecule has 33 heavy (non-hydrogen) atoms. The van der Waals surface area contributed by atoms with E-state index in [-0.39, 0.29) is 0 Å². The molecule has 0 spiro atoms. The summed E-state index contributed by atoms with van der Waals surface area (Å²) in [6, 6.07) is 29.9. The first-order valence-electron chi connectivity index (χ1n) is 10.5. The van der Waals surface area contributed by atoms with E-state index >= 15 is 0 Å². The zero-order valence-electron chi connectivity index (χ0n) is 18.7. The van der Waals surface area contributed by atoms with E-state index in [2.05, 4.69) is 106 Å². The topological polar surface area (TPSA) is 104 Å². The van der Waals surface area contributed by atoms with E-state index in [0.717, 1.165) is 29.1 Å². The summed E-state index contributed by atoms with van der Waals surface area (Å²) in [6.07, 6.45) is 0.908. The van der Waals surface area contributed by atoms with Gasteiger partial charge in [-0.2, -0.15) is 0 Å². The Hall–Kier alpha value is -3.06. The third kappa shape index (κ3) is 6.96. The molecule has 0 amide bonds. The molecule has 0 radical (unpaired) electrons. The molecule has 6 heteroatoms. The van der Waals surface area contributed by atoms with Gasteiger partial charge in [0.05, 0.1) is 22.8 Å². The van der Waals surface area contributed by atoms with Gasteiger partial charge in [-0.05, 0) is 50.1 Å². The largest absolute Gasteiger partial charge is 0.364 e. The Balaban J connectivity index is 0.000000555. The lowest BCUT2D eigenvalue weighted by Gasteiger charge is -2.17. The highest BCUT2D eigenvalue weighted by Gasteiger charge is 2.26. The fraction of sp³-hybridized carbons (Fsp3) is 0.148. The maximum absolute atomic E-state index is 8.49. The molecule has 4 rings (SSSR count). The molecule has 0 N–H and O–H groups in total. The Labute approximate surface area is 196 Å². The van der Waals surface area contributed by atoms with Crippen LogP contribution in [0.15, 0.2) is 89.3 Å². The maximum atomic E-state index is 8.49. The maximum Gasteiger partial charge on any atom is 0.364 e. The molecule has 170 valence electrons. The van der Waals surface area contributed by atoms with Crippen molar-refractivity contribution in [1.82, 2.24) is 0 Å². The second-order valence-electron chi connectivity index (χ2n) is 7.66. The van der Waals surface area contributed by atoms with Crippen molar-refractivity contribution < 1.29 is 33.3 Å². The van der Waals surface area contributed by atoms with Crippen LogP contribution in [0.5, 0.6) is 0 Å². The molecule has 1 aromatic heterocycles. The van der Waals surface area contributed by atoms with Crippen LogP contribution in [0.4, 0.5) is 0 Å². The molecule has 0 saturated heterocycles. The summed E-state index contributed by atoms with van der Waals surface area (Å²) in [5.41, 5.74) is 8.41. The van der Waals surface area contributed by atoms with E-state index in [9.17, 15) is 0 Å². The lowest BCUT2D eigenvalue weighted by molar-refractivity contribution is -2.00. The van der Waals surface area contributed by atoms with Crippen molar-refractivity contribution in [1.29, 1.82) is 0 Å². The van der Waals surface area contributed by atoms with E-state index in [0.29, 0.717) is 0 Å². The van der Waals surface area contributed by atoms with Gasteiger partial charge in [0.2, 0.25) is 0 Å². The molecule has 0 unspecified atom stereocenters. The normalized spacial score (nSPS) is 11.0. The highest BCUT2D eigenvalue weighted by Crippen LogP contribution is 2.37. The van der Waals surface area contributed by atoms with Crippen molar-refractivity contribution in [2.45, 2.75) is 27.2 Å². The first-order chi connectivity index (χ1) is 15.7. The second-order valence-corrected chi connectivity index (χ2v) is 8.42. The van der Waals surface area contributed by atoms with Crippen LogP contribution in [0.25, 0.3) is 33.8 Å². The molecule has 0 bridgehead atoms. The molecular formula is C27H25ClO5. The minimum Gasteiger partial charge on any atom is -0.222 e. The molecular weight excluding hydrogens is 440 g/mol. The smallest absolute Gasteiger partial charge is 0.222 e. The van der Waals surface area contributed by atoms with E-state index in [4.69, 9.17) is 23.1 Å². The zero-order chi connectivity index (χ0) is 24.0. The van der Waals surface area contributed by atoms with Gasteiger partial charge in [0, 0.05) is 5.56 Å². The number of hydrogen-bond donors (Lipinski definition) is 0. The summed E-state index contributed by atoms with van der Waals surface area (Å²) in [4.78, 5) is 0. The number of aryl methyl sites for hydroxylation is 2. The SMILES string of the molecule is CCc1c(-c2ccccc2)cc(-c2ccc(C)cc2)[o+]c1-c1ccc(C)cc1.[O-][Cl+3]([O-])([O-])[O-]. The van der Waals surface area contributed by atoms with Gasteiger partial charge in [-0.3, -0.25) is 0 Å². The fourth-order valence-electron chi connectivity index (χ4n) is 3.57. The van der Waals surface area contributed by atoms with Crippen molar-refractivity contribution in [2.75, 3.05) is 0 Å². The van der Waals surface area contributed by atoms with Gasteiger partial charge in [-0.15, -0.1) is 10.2 Å². The molecule has 0 aliphatic rings. The van der Waals surface area contributed by atoms with Crippen LogP contribution in [0.3, 0.4) is 0 Å². The molecule has 0 aliphatic carbocycles. The zero-order valence-corrected chi connectivity index (χ0v) is 19.5. The van der Waals surface area contributed by atoms with Gasteiger partial charge >= 0.3 is 11.5 Å². The second kappa shape index (κ2) is 10.7. The fourth-order valence-corrected chi connectivity index (χ4v) is 3.57. The third-order valence-corrected chi connectivity index (χ3v) is 5.17. The van der Waals surface area contributed by atoms with E-state index < -0.39 is 10.2 Å². The average Bonchev–Trinajstić information content (AvgIpc) is 2.79. The predicted molar refractivity (Wildman–Crippen MR) is 118 cm³/mol. The van der Waals surface area contributed by atoms with E-state index in [1.807, 2.05) is 0 Å². The monoisotopic (exact) mass is 464 g/mol. The predicted octanol–water partition coefficient (Wildman–Crippen LogP) is 2.98. The molecule has 1 heterocycles. The summed E-state index contributed by atoms with van der Waals surface area (Å²) in [5.74, 6) is 1.85. The third-order valence-electron chi connectivity index (χ3n) is 5.17. The molecule has 3 aromatic carbocycles. The van der Waals surface area contributed by atoms with Gasteiger partial charge < -0.3 is 0 Å². The molecule has 0 fully saturated rings. The molecule has 5 nitrogen and oxygen atoms in total. The number of benzene rings is 3. The van der Waals surface area contributed by atoms with Crippen LogP contribution in [0, 0.1) is 24.1 Å². The van der Waals surface area contributed by atoms with Crippen LogP contribution < -0.4 is 18.6 Å². The van der Waals surface area contributed by atoms with Gasteiger partial charge in [-0.25, -0.2) is 23.1 Å². The summed E-state index contributed by atoms with van der Waals surface area (Å²) in [7, 11) is -4.94. The molecule has 0 saturated carbocycles. The van der Waals surface area contributed by atoms with Crippen molar-refractivity contribution in [3.05, 3.63) is 102 Å². The lowest BCUT2D eigenvalue weighted by atomic mass is 9.93. The highest BCUT2D eigenvalue weighted by atomic mass is 35.7. The number of rotatable bonds is 4. The van der Waals surface area contributed by atoms with Crippen LogP contribution in [-0.2, 0) is 6.42 Å². The lowest BCUT2D eigenvalue weighted by Crippen LogP contribution is -2.68. The Bertz CT molecular complexity index is 1180. The first kappa shape index (κ1) is 24.6. The Morgan fingerprint density at radius 3 is 1.64 bits per heavy atom. The standard InChI is InChI=1S/C27H25O.ClHO4/c1-4-24-25(21-8-6-5-7-9-21)18-26(22-14-10-19(2)11-15-22)28-27(24)23-16-12-20(3)13-17-23;2-1(3,4)5/h5-18H,4H2,1-3H3;(H,2,3,4,5)/q+1;/p-1. The van der Waals surface area contributed by atoms with Gasteiger partial charge in [0.15, 0.2) is 0 Å². The molecule has 4 aromatic rings. The van der Waals surface area contributed by atoms with E-state index in [1.54, 1.807) is 0 Å². The average molecular weight is 465 g/mol. The Morgan fingerprint density at radius 2 is 1.15 bits per heavy atom. The first-order valence-corrected chi connectivity index (χ1v) is 11.7. The summed E-state index contributed by atoms with van der Waals surface area (Å²) < 4.78 is 40.5. The molecule has 0 aliphatic heterocycles. The van der Waals surface area contributed by atoms with Crippen molar-refractivity contribution in [2.24, 2.45) is 0 Å². The van der Waals surface area contributed by atoms with E-state index in [1.165, 1.54) is 27.8 Å². The summed E-state index contributed by atoms with van der Waals surface area (Å²) >= 11 is 0. The highest BCUT2D eigenvalue weighted by molar-refractivity contribution is 5.79. The number of halogens is 1. The van der Waals surface area contributed by atoms with Crippen LogP contribution in [-0.4, -0.2) is 0 Å². The number of hydrogen-bond acceptors (Lipinski definition) is 4. The summed E-state index contributed by atoms with van der Waals surface area (Å²) in [6.45, 7) is 6.41. The van der Waals surface area contributed by atoms with Gasteiger partial charge in [-0.1, -0.05) is 72.6 Å². The van der Waals surface area contributed by atoms with Crippen molar-refractivity contribution in [3.63, 3.8) is 0 Å². The van der Waals surface area contributed by atoms with Gasteiger partial charge in [0.25, 0.3) is 0 Å². The minimum atomic E-state index is -4.94. The van der Waals surface area contributed by atoms with Gasteiger partial charge in [0.1, 0.15) is 0 Å². The summed E-state index contributed by atoms with van der Waals surface area (Å²) in [5, 5.41) is 0. The quantitative estimate of drug-likeness (QED) is 0.432. The Morgan fingerprint density at radius 1 is 0.667 bits per heavy atom. The van der Waals surface area contributed by atoms with Crippen LogP contribution >= 0.6 is 0 Å². The Kier molecular flexibility index (Phi) is 7.97. The van der Waals surface area contributed by atoms with Crippen molar-refractivity contribution in [3.8, 4) is 33.8 Å². The van der Waals surface area contributed by atoms with Crippen molar-refractivity contribution >= 4 is 0 Å².